The number of hydrogen-bond acceptors (Lipinski definition) is 3. The zero-order valence-corrected chi connectivity index (χ0v) is 30.3. The van der Waals surface area contributed by atoms with E-state index in [0.29, 0.717) is 0 Å². The first-order valence-electron chi connectivity index (χ1n) is 19.0. The van der Waals surface area contributed by atoms with E-state index in [4.69, 9.17) is 4.42 Å². The molecule has 1 atom stereocenters. The number of nitrogens with zero attached hydrogens (tertiary/aromatic N) is 2. The average molecular weight is 707 g/mol. The van der Waals surface area contributed by atoms with Crippen molar-refractivity contribution in [3.8, 4) is 11.1 Å². The molecule has 0 aliphatic heterocycles. The third-order valence-corrected chi connectivity index (χ3v) is 10.7. The molecule has 0 saturated carbocycles. The van der Waals surface area contributed by atoms with E-state index in [1.165, 1.54) is 27.5 Å². The van der Waals surface area contributed by atoms with Crippen LogP contribution in [0.3, 0.4) is 0 Å². The third kappa shape index (κ3) is 6.06. The fourth-order valence-electron chi connectivity index (χ4n) is 8.17. The first-order chi connectivity index (χ1) is 27.3. The molecule has 262 valence electrons. The van der Waals surface area contributed by atoms with Crippen LogP contribution in [0.4, 0.5) is 28.4 Å². The summed E-state index contributed by atoms with van der Waals surface area (Å²) in [7, 11) is 0. The summed E-state index contributed by atoms with van der Waals surface area (Å²) in [5.74, 6) is 0. The first kappa shape index (κ1) is 32.5. The molecule has 10 rings (SSSR count). The van der Waals surface area contributed by atoms with E-state index in [1.54, 1.807) is 0 Å². The number of para-hydroxylation sites is 2. The van der Waals surface area contributed by atoms with Crippen LogP contribution in [-0.2, 0) is 0 Å². The molecular weight excluding hydrogens is 669 g/mol. The Kier molecular flexibility index (Phi) is 8.31. The summed E-state index contributed by atoms with van der Waals surface area (Å²) in [4.78, 5) is 4.86. The molecule has 0 radical (unpaired) electrons. The van der Waals surface area contributed by atoms with E-state index in [-0.39, 0.29) is 6.04 Å². The predicted molar refractivity (Wildman–Crippen MR) is 232 cm³/mol. The smallest absolute Gasteiger partial charge is 0.159 e. The van der Waals surface area contributed by atoms with E-state index in [1.807, 2.05) is 0 Å². The number of rotatable bonds is 8. The van der Waals surface area contributed by atoms with Gasteiger partial charge in [0.2, 0.25) is 0 Å². The molecule has 0 amide bonds. The quantitative estimate of drug-likeness (QED) is 0.157. The largest absolute Gasteiger partial charge is 0.454 e. The summed E-state index contributed by atoms with van der Waals surface area (Å²) in [6, 6.07) is 69.2. The SMILES string of the molecule is C1=CC(c2ccccc2)=CC(N(c2ccccc2)c2cc(N(c3ccccc3)c3cccc(-c4ccccc4)c3)c3oc4ccc5ccccc5c4c3c2)C1. The number of furan rings is 1. The lowest BCUT2D eigenvalue weighted by Gasteiger charge is -2.35. The van der Waals surface area contributed by atoms with Gasteiger partial charge in [0, 0.05) is 33.5 Å². The number of fused-ring (bicyclic) bond motifs is 5. The number of hydrogen-bond donors (Lipinski definition) is 0. The maximum Gasteiger partial charge on any atom is 0.159 e. The summed E-state index contributed by atoms with van der Waals surface area (Å²) in [6.45, 7) is 0. The molecule has 1 aliphatic carbocycles. The van der Waals surface area contributed by atoms with Crippen molar-refractivity contribution in [2.75, 3.05) is 9.80 Å². The van der Waals surface area contributed by atoms with Crippen LogP contribution in [-0.4, -0.2) is 6.04 Å². The molecular formula is C52H38N2O. The third-order valence-electron chi connectivity index (χ3n) is 10.7. The number of benzene rings is 8. The average Bonchev–Trinajstić information content (AvgIpc) is 3.65. The van der Waals surface area contributed by atoms with Gasteiger partial charge in [0.1, 0.15) is 5.58 Å². The standard InChI is InChI=1S/C52H38N2O/c1-5-17-37(18-6-1)40-22-15-28-44(33-40)53(42-24-9-3-10-25-42)46-35-48-51-47-30-14-13-21-39(47)31-32-50(51)55-52(48)49(36-46)54(43-26-11-4-12-27-43)45-29-16-23-41(34-45)38-19-7-2-8-20-38/h1-27,29-36,44H,28H2. The maximum absolute atomic E-state index is 7.01. The maximum atomic E-state index is 7.01. The van der Waals surface area contributed by atoms with E-state index < -0.39 is 0 Å². The van der Waals surface area contributed by atoms with Crippen LogP contribution in [0.5, 0.6) is 0 Å². The molecule has 3 nitrogen and oxygen atoms in total. The molecule has 1 aliphatic rings. The van der Waals surface area contributed by atoms with Crippen molar-refractivity contribution in [2.24, 2.45) is 0 Å². The molecule has 0 fully saturated rings. The van der Waals surface area contributed by atoms with Crippen LogP contribution in [0.15, 0.2) is 217 Å². The summed E-state index contributed by atoms with van der Waals surface area (Å²) in [6.07, 6.45) is 7.87. The highest BCUT2D eigenvalue weighted by Crippen LogP contribution is 2.48. The minimum atomic E-state index is 0.0643. The topological polar surface area (TPSA) is 19.6 Å². The molecule has 0 bridgehead atoms. The zero-order chi connectivity index (χ0) is 36.6. The van der Waals surface area contributed by atoms with Gasteiger partial charge < -0.3 is 14.2 Å². The molecule has 3 heteroatoms. The Morgan fingerprint density at radius 3 is 1.87 bits per heavy atom. The van der Waals surface area contributed by atoms with E-state index >= 15 is 0 Å². The Hall–Kier alpha value is -7.10. The number of allylic oxidation sites excluding steroid dienone is 2. The summed E-state index contributed by atoms with van der Waals surface area (Å²) in [5.41, 5.74) is 11.8. The highest BCUT2D eigenvalue weighted by atomic mass is 16.3. The highest BCUT2D eigenvalue weighted by molar-refractivity contribution is 6.21. The molecule has 8 aromatic carbocycles. The Morgan fingerprint density at radius 2 is 1.11 bits per heavy atom. The normalized spacial score (nSPS) is 14.0. The molecule has 1 unspecified atom stereocenters. The fourth-order valence-corrected chi connectivity index (χ4v) is 8.17. The second-order valence-electron chi connectivity index (χ2n) is 14.1. The van der Waals surface area contributed by atoms with Gasteiger partial charge in [-0.2, -0.15) is 0 Å². The van der Waals surface area contributed by atoms with Crippen molar-refractivity contribution >= 4 is 66.7 Å². The predicted octanol–water partition coefficient (Wildman–Crippen LogP) is 14.4. The van der Waals surface area contributed by atoms with Gasteiger partial charge in [-0.3, -0.25) is 0 Å². The van der Waals surface area contributed by atoms with Crippen molar-refractivity contribution in [1.29, 1.82) is 0 Å². The van der Waals surface area contributed by atoms with Gasteiger partial charge >= 0.3 is 0 Å². The van der Waals surface area contributed by atoms with Crippen molar-refractivity contribution in [1.82, 2.24) is 0 Å². The Bertz CT molecular complexity index is 2840. The first-order valence-corrected chi connectivity index (χ1v) is 19.0. The van der Waals surface area contributed by atoms with Gasteiger partial charge in [-0.1, -0.05) is 158 Å². The molecule has 1 heterocycles. The van der Waals surface area contributed by atoms with Crippen LogP contribution in [0.25, 0.3) is 49.4 Å². The molecule has 55 heavy (non-hydrogen) atoms. The minimum absolute atomic E-state index is 0.0643. The van der Waals surface area contributed by atoms with Crippen LogP contribution >= 0.6 is 0 Å². The monoisotopic (exact) mass is 706 g/mol. The van der Waals surface area contributed by atoms with Crippen molar-refractivity contribution in [3.63, 3.8) is 0 Å². The molecule has 0 saturated heterocycles. The van der Waals surface area contributed by atoms with Crippen LogP contribution < -0.4 is 9.80 Å². The zero-order valence-electron chi connectivity index (χ0n) is 30.3. The van der Waals surface area contributed by atoms with E-state index in [2.05, 4.69) is 222 Å². The lowest BCUT2D eigenvalue weighted by molar-refractivity contribution is 0.669. The Labute approximate surface area is 321 Å². The Morgan fingerprint density at radius 1 is 0.473 bits per heavy atom. The van der Waals surface area contributed by atoms with Crippen LogP contribution in [0.2, 0.25) is 0 Å². The van der Waals surface area contributed by atoms with Crippen LogP contribution in [0.1, 0.15) is 12.0 Å². The van der Waals surface area contributed by atoms with Gasteiger partial charge in [0.05, 0.1) is 11.7 Å². The van der Waals surface area contributed by atoms with E-state index in [0.717, 1.165) is 62.4 Å². The van der Waals surface area contributed by atoms with Crippen molar-refractivity contribution in [2.45, 2.75) is 12.5 Å². The lowest BCUT2D eigenvalue weighted by Crippen LogP contribution is -2.30. The second-order valence-corrected chi connectivity index (χ2v) is 14.1. The minimum Gasteiger partial charge on any atom is -0.454 e. The van der Waals surface area contributed by atoms with Gasteiger partial charge in [0.25, 0.3) is 0 Å². The van der Waals surface area contributed by atoms with Gasteiger partial charge in [-0.15, -0.1) is 0 Å². The van der Waals surface area contributed by atoms with E-state index in [9.17, 15) is 0 Å². The summed E-state index contributed by atoms with van der Waals surface area (Å²) >= 11 is 0. The van der Waals surface area contributed by atoms with Gasteiger partial charge in [-0.25, -0.2) is 0 Å². The molecule has 0 N–H and O–H groups in total. The highest BCUT2D eigenvalue weighted by Gasteiger charge is 2.27. The number of anilines is 5. The molecule has 9 aromatic rings. The Balaban J connectivity index is 1.27. The van der Waals surface area contributed by atoms with Crippen molar-refractivity contribution < 1.29 is 4.42 Å². The van der Waals surface area contributed by atoms with Gasteiger partial charge in [-0.05, 0) is 94.1 Å². The van der Waals surface area contributed by atoms with Gasteiger partial charge in [0.15, 0.2) is 5.58 Å². The second kappa shape index (κ2) is 14.0. The molecule has 0 spiro atoms. The fraction of sp³-hybridized carbons (Fsp3) is 0.0385. The van der Waals surface area contributed by atoms with Crippen LogP contribution in [0, 0.1) is 0 Å². The summed E-state index contributed by atoms with van der Waals surface area (Å²) < 4.78 is 7.01. The molecule has 1 aromatic heterocycles. The lowest BCUT2D eigenvalue weighted by atomic mass is 9.94. The summed E-state index contributed by atoms with van der Waals surface area (Å²) in [5, 5.41) is 4.57. The van der Waals surface area contributed by atoms with Crippen molar-refractivity contribution in [3.05, 3.63) is 218 Å².